The summed E-state index contributed by atoms with van der Waals surface area (Å²) in [5.41, 5.74) is 3.88. The second-order valence-corrected chi connectivity index (χ2v) is 6.04. The lowest BCUT2D eigenvalue weighted by Crippen LogP contribution is -2.33. The quantitative estimate of drug-likeness (QED) is 0.757. The summed E-state index contributed by atoms with van der Waals surface area (Å²) >= 11 is 1.68. The number of carbonyl (C=O) groups excluding carboxylic acids is 1. The van der Waals surface area contributed by atoms with Crippen LogP contribution in [0.4, 0.5) is 0 Å². The summed E-state index contributed by atoms with van der Waals surface area (Å²) in [7, 11) is 0. The highest BCUT2D eigenvalue weighted by molar-refractivity contribution is 7.07. The van der Waals surface area contributed by atoms with Gasteiger partial charge < -0.3 is 5.32 Å². The highest BCUT2D eigenvalue weighted by Gasteiger charge is 2.11. The first kappa shape index (κ1) is 14.5. The number of amides is 1. The lowest BCUT2D eigenvalue weighted by atomic mass is 10.1. The Kier molecular flexibility index (Phi) is 4.34. The van der Waals surface area contributed by atoms with E-state index in [-0.39, 0.29) is 11.9 Å². The van der Waals surface area contributed by atoms with Crippen molar-refractivity contribution in [3.63, 3.8) is 0 Å². The van der Waals surface area contributed by atoms with E-state index in [0.29, 0.717) is 5.56 Å². The Morgan fingerprint density at radius 3 is 2.73 bits per heavy atom. The predicted octanol–water partition coefficient (Wildman–Crippen LogP) is 3.50. The Bertz CT molecular complexity index is 718. The van der Waals surface area contributed by atoms with E-state index in [9.17, 15) is 4.79 Å². The standard InChI is InChI=1S/C17H17N3OS/c1-12(10-13-7-9-22-11-13)19-17(21)15-4-2-14(3-5-15)16-6-8-18-20-16/h2-9,11-12H,10H2,1H3,(H,18,20)(H,19,21)/t12-/m1/s1. The van der Waals surface area contributed by atoms with Gasteiger partial charge in [0.15, 0.2) is 0 Å². The highest BCUT2D eigenvalue weighted by Crippen LogP contribution is 2.16. The summed E-state index contributed by atoms with van der Waals surface area (Å²) in [4.78, 5) is 12.3. The van der Waals surface area contributed by atoms with Gasteiger partial charge in [-0.05, 0) is 59.5 Å². The van der Waals surface area contributed by atoms with E-state index in [4.69, 9.17) is 0 Å². The van der Waals surface area contributed by atoms with Crippen molar-refractivity contribution in [3.05, 3.63) is 64.5 Å². The summed E-state index contributed by atoms with van der Waals surface area (Å²) in [6, 6.07) is 11.6. The molecule has 0 aliphatic heterocycles. The summed E-state index contributed by atoms with van der Waals surface area (Å²) in [6.45, 7) is 2.02. The Balaban J connectivity index is 1.62. The summed E-state index contributed by atoms with van der Waals surface area (Å²) in [6.07, 6.45) is 2.56. The van der Waals surface area contributed by atoms with Gasteiger partial charge in [0.1, 0.15) is 0 Å². The number of rotatable bonds is 5. The van der Waals surface area contributed by atoms with Crippen molar-refractivity contribution in [2.24, 2.45) is 0 Å². The SMILES string of the molecule is C[C@H](Cc1ccsc1)NC(=O)c1ccc(-c2ccn[nH]2)cc1. The van der Waals surface area contributed by atoms with Crippen LogP contribution in [0.1, 0.15) is 22.8 Å². The first-order valence-corrected chi connectivity index (χ1v) is 8.08. The minimum atomic E-state index is -0.0427. The van der Waals surface area contributed by atoms with Gasteiger partial charge in [-0.1, -0.05) is 12.1 Å². The fourth-order valence-corrected chi connectivity index (χ4v) is 3.02. The molecule has 5 heteroatoms. The Hall–Kier alpha value is -2.40. The molecule has 2 heterocycles. The minimum absolute atomic E-state index is 0.0427. The van der Waals surface area contributed by atoms with Gasteiger partial charge in [0.05, 0.1) is 5.69 Å². The molecule has 2 aromatic heterocycles. The van der Waals surface area contributed by atoms with Crippen LogP contribution in [0.3, 0.4) is 0 Å². The van der Waals surface area contributed by atoms with Gasteiger partial charge in [-0.3, -0.25) is 9.89 Å². The van der Waals surface area contributed by atoms with Crippen molar-refractivity contribution < 1.29 is 4.79 Å². The molecule has 0 saturated heterocycles. The fourth-order valence-electron chi connectivity index (χ4n) is 2.34. The molecule has 1 aromatic carbocycles. The van der Waals surface area contributed by atoms with Crippen molar-refractivity contribution >= 4 is 17.2 Å². The molecule has 0 saturated carbocycles. The van der Waals surface area contributed by atoms with Gasteiger partial charge in [-0.15, -0.1) is 0 Å². The molecule has 3 aromatic rings. The van der Waals surface area contributed by atoms with Crippen LogP contribution in [0.15, 0.2) is 53.4 Å². The van der Waals surface area contributed by atoms with E-state index in [1.54, 1.807) is 17.5 Å². The zero-order chi connectivity index (χ0) is 15.4. The van der Waals surface area contributed by atoms with Crippen LogP contribution in [0.2, 0.25) is 0 Å². The zero-order valence-electron chi connectivity index (χ0n) is 12.2. The van der Waals surface area contributed by atoms with E-state index in [2.05, 4.69) is 32.3 Å². The van der Waals surface area contributed by atoms with Crippen molar-refractivity contribution in [1.29, 1.82) is 0 Å². The van der Waals surface area contributed by atoms with Crippen LogP contribution in [-0.4, -0.2) is 22.1 Å². The first-order valence-electron chi connectivity index (χ1n) is 7.14. The summed E-state index contributed by atoms with van der Waals surface area (Å²) in [5.74, 6) is -0.0427. The Labute approximate surface area is 133 Å². The van der Waals surface area contributed by atoms with Crippen molar-refractivity contribution in [1.82, 2.24) is 15.5 Å². The molecule has 3 rings (SSSR count). The average molecular weight is 311 g/mol. The van der Waals surface area contributed by atoms with E-state index >= 15 is 0 Å². The maximum absolute atomic E-state index is 12.3. The zero-order valence-corrected chi connectivity index (χ0v) is 13.1. The number of hydrogen-bond acceptors (Lipinski definition) is 3. The van der Waals surface area contributed by atoms with Crippen LogP contribution in [-0.2, 0) is 6.42 Å². The molecule has 1 atom stereocenters. The maximum Gasteiger partial charge on any atom is 0.251 e. The number of carbonyl (C=O) groups is 1. The fraction of sp³-hybridized carbons (Fsp3) is 0.176. The molecule has 112 valence electrons. The van der Waals surface area contributed by atoms with Crippen molar-refractivity contribution in [3.8, 4) is 11.3 Å². The molecule has 0 aliphatic carbocycles. The van der Waals surface area contributed by atoms with Crippen LogP contribution in [0, 0.1) is 0 Å². The number of hydrogen-bond donors (Lipinski definition) is 2. The van der Waals surface area contributed by atoms with Crippen LogP contribution >= 0.6 is 11.3 Å². The lowest BCUT2D eigenvalue weighted by molar-refractivity contribution is 0.0940. The number of H-pyrrole nitrogens is 1. The minimum Gasteiger partial charge on any atom is -0.349 e. The molecule has 0 radical (unpaired) electrons. The van der Waals surface area contributed by atoms with Gasteiger partial charge in [-0.2, -0.15) is 16.4 Å². The second-order valence-electron chi connectivity index (χ2n) is 5.26. The van der Waals surface area contributed by atoms with E-state index in [1.165, 1.54) is 5.56 Å². The highest BCUT2D eigenvalue weighted by atomic mass is 32.1. The Morgan fingerprint density at radius 2 is 2.09 bits per heavy atom. The van der Waals surface area contributed by atoms with Gasteiger partial charge in [0.2, 0.25) is 0 Å². The summed E-state index contributed by atoms with van der Waals surface area (Å²) in [5, 5.41) is 14.0. The third-order valence-corrected chi connectivity index (χ3v) is 4.19. The predicted molar refractivity (Wildman–Crippen MR) is 89.0 cm³/mol. The molecular weight excluding hydrogens is 294 g/mol. The number of aromatic amines is 1. The van der Waals surface area contributed by atoms with Gasteiger partial charge >= 0.3 is 0 Å². The van der Waals surface area contributed by atoms with E-state index in [1.807, 2.05) is 37.3 Å². The smallest absolute Gasteiger partial charge is 0.251 e. The average Bonchev–Trinajstić information content (AvgIpc) is 3.20. The third-order valence-electron chi connectivity index (χ3n) is 3.46. The van der Waals surface area contributed by atoms with E-state index < -0.39 is 0 Å². The van der Waals surface area contributed by atoms with Crippen LogP contribution in [0.5, 0.6) is 0 Å². The molecule has 0 fully saturated rings. The molecule has 0 unspecified atom stereocenters. The summed E-state index contributed by atoms with van der Waals surface area (Å²) < 4.78 is 0. The van der Waals surface area contributed by atoms with E-state index in [0.717, 1.165) is 17.7 Å². The Morgan fingerprint density at radius 1 is 1.27 bits per heavy atom. The topological polar surface area (TPSA) is 57.8 Å². The number of thiophene rings is 1. The molecular formula is C17H17N3OS. The lowest BCUT2D eigenvalue weighted by Gasteiger charge is -2.13. The molecule has 1 amide bonds. The third kappa shape index (κ3) is 3.43. The molecule has 22 heavy (non-hydrogen) atoms. The number of benzene rings is 1. The largest absolute Gasteiger partial charge is 0.349 e. The van der Waals surface area contributed by atoms with Crippen LogP contribution < -0.4 is 5.32 Å². The molecule has 2 N–H and O–H groups in total. The second kappa shape index (κ2) is 6.58. The van der Waals surface area contributed by atoms with Gasteiger partial charge in [0, 0.05) is 17.8 Å². The van der Waals surface area contributed by atoms with Crippen molar-refractivity contribution in [2.75, 3.05) is 0 Å². The first-order chi connectivity index (χ1) is 10.7. The number of nitrogens with zero attached hydrogens (tertiary/aromatic N) is 1. The maximum atomic E-state index is 12.3. The number of aromatic nitrogens is 2. The van der Waals surface area contributed by atoms with Crippen molar-refractivity contribution in [2.45, 2.75) is 19.4 Å². The van der Waals surface area contributed by atoms with Gasteiger partial charge in [0.25, 0.3) is 5.91 Å². The molecule has 0 spiro atoms. The molecule has 0 aliphatic rings. The normalized spacial score (nSPS) is 12.0. The van der Waals surface area contributed by atoms with Crippen LogP contribution in [0.25, 0.3) is 11.3 Å². The molecule has 4 nitrogen and oxygen atoms in total. The monoisotopic (exact) mass is 311 g/mol. The van der Waals surface area contributed by atoms with Gasteiger partial charge in [-0.25, -0.2) is 0 Å². The molecule has 0 bridgehead atoms. The number of nitrogens with one attached hydrogen (secondary N) is 2.